The summed E-state index contributed by atoms with van der Waals surface area (Å²) in [5.41, 5.74) is 6.33. The highest BCUT2D eigenvalue weighted by Crippen LogP contribution is 2.51. The summed E-state index contributed by atoms with van der Waals surface area (Å²) in [6, 6.07) is 0. The average Bonchev–Trinajstić information content (AvgIpc) is 2.99. The summed E-state index contributed by atoms with van der Waals surface area (Å²) in [6.07, 6.45) is 5.30. The molecule has 1 atom stereocenters. The molecule has 0 amide bonds. The minimum absolute atomic E-state index is 0.643. The maximum atomic E-state index is 5.68. The summed E-state index contributed by atoms with van der Waals surface area (Å²) in [5.74, 6) is 1.55. The van der Waals surface area contributed by atoms with Gasteiger partial charge in [0.25, 0.3) is 0 Å². The van der Waals surface area contributed by atoms with Crippen molar-refractivity contribution in [3.63, 3.8) is 0 Å². The first-order chi connectivity index (χ1) is 7.14. The fourth-order valence-electron chi connectivity index (χ4n) is 2.25. The Balaban J connectivity index is 2.07. The van der Waals surface area contributed by atoms with E-state index < -0.39 is 0 Å². The highest BCUT2D eigenvalue weighted by Gasteiger charge is 2.44. The zero-order chi connectivity index (χ0) is 11.3. The molecule has 0 aromatic carbocycles. The predicted octanol–water partition coefficient (Wildman–Crippen LogP) is 2.39. The zero-order valence-corrected chi connectivity index (χ0v) is 10.7. The van der Waals surface area contributed by atoms with E-state index >= 15 is 0 Å². The molecule has 1 unspecified atom stereocenters. The molecule has 15 heavy (non-hydrogen) atoms. The van der Waals surface area contributed by atoms with Crippen molar-refractivity contribution in [1.29, 1.82) is 0 Å². The minimum Gasteiger partial charge on any atom is -0.330 e. The third-order valence-corrected chi connectivity index (χ3v) is 4.23. The highest BCUT2D eigenvalue weighted by molar-refractivity contribution is 4.96. The van der Waals surface area contributed by atoms with Gasteiger partial charge in [-0.15, -0.1) is 0 Å². The lowest BCUT2D eigenvalue weighted by atomic mass is 9.92. The van der Waals surface area contributed by atoms with Gasteiger partial charge in [0.05, 0.1) is 0 Å². The van der Waals surface area contributed by atoms with E-state index in [2.05, 4.69) is 26.1 Å². The fourth-order valence-corrected chi connectivity index (χ4v) is 2.25. The molecule has 0 radical (unpaired) electrons. The minimum atomic E-state index is 0.643. The number of hydrogen-bond acceptors (Lipinski definition) is 2. The molecule has 1 saturated carbocycles. The van der Waals surface area contributed by atoms with E-state index in [1.807, 2.05) is 0 Å². The molecule has 0 aliphatic heterocycles. The summed E-state index contributed by atoms with van der Waals surface area (Å²) in [5, 5.41) is 3.61. The summed E-state index contributed by atoms with van der Waals surface area (Å²) < 4.78 is 0. The number of hydrogen-bond donors (Lipinski definition) is 2. The van der Waals surface area contributed by atoms with Gasteiger partial charge in [-0.3, -0.25) is 0 Å². The Morgan fingerprint density at radius 3 is 2.40 bits per heavy atom. The summed E-state index contributed by atoms with van der Waals surface area (Å²) in [6.45, 7) is 10.1. The Labute approximate surface area is 95.0 Å². The first kappa shape index (κ1) is 13.0. The number of nitrogens with two attached hydrogens (primary N) is 1. The van der Waals surface area contributed by atoms with Crippen LogP contribution in [0.2, 0.25) is 0 Å². The maximum absolute atomic E-state index is 5.68. The van der Waals surface area contributed by atoms with Crippen molar-refractivity contribution in [2.45, 2.75) is 46.5 Å². The van der Waals surface area contributed by atoms with Crippen LogP contribution in [0.15, 0.2) is 0 Å². The van der Waals surface area contributed by atoms with Crippen LogP contribution in [0.1, 0.15) is 46.5 Å². The van der Waals surface area contributed by atoms with Crippen LogP contribution in [0.3, 0.4) is 0 Å². The van der Waals surface area contributed by atoms with Crippen molar-refractivity contribution in [1.82, 2.24) is 5.32 Å². The first-order valence-corrected chi connectivity index (χ1v) is 6.55. The molecule has 1 rings (SSSR count). The first-order valence-electron chi connectivity index (χ1n) is 6.55. The summed E-state index contributed by atoms with van der Waals surface area (Å²) in [7, 11) is 0. The maximum Gasteiger partial charge on any atom is 0.00103 e. The van der Waals surface area contributed by atoms with Crippen molar-refractivity contribution < 1.29 is 0 Å². The van der Waals surface area contributed by atoms with E-state index in [0.29, 0.717) is 11.3 Å². The second kappa shape index (κ2) is 5.86. The molecule has 1 aliphatic carbocycles. The average molecular weight is 212 g/mol. The molecule has 90 valence electrons. The molecule has 0 aromatic heterocycles. The highest BCUT2D eigenvalue weighted by atomic mass is 14.9. The Morgan fingerprint density at radius 2 is 2.00 bits per heavy atom. The third kappa shape index (κ3) is 3.76. The van der Waals surface area contributed by atoms with Crippen LogP contribution in [-0.4, -0.2) is 19.6 Å². The molecule has 0 spiro atoms. The second-order valence-electron chi connectivity index (χ2n) is 5.49. The van der Waals surface area contributed by atoms with Gasteiger partial charge in [0.15, 0.2) is 0 Å². The van der Waals surface area contributed by atoms with Crippen LogP contribution in [0.25, 0.3) is 0 Å². The number of nitrogens with one attached hydrogen (secondary N) is 1. The second-order valence-corrected chi connectivity index (χ2v) is 5.49. The van der Waals surface area contributed by atoms with Gasteiger partial charge >= 0.3 is 0 Å². The summed E-state index contributed by atoms with van der Waals surface area (Å²) in [4.78, 5) is 0. The molecule has 0 heterocycles. The standard InChI is InChI=1S/C13H28N2/c1-4-12(9-14)5-8-15-10-13(6-7-13)11(2)3/h11-12,15H,4-10,14H2,1-3H3. The van der Waals surface area contributed by atoms with Crippen molar-refractivity contribution in [3.05, 3.63) is 0 Å². The van der Waals surface area contributed by atoms with Crippen molar-refractivity contribution in [3.8, 4) is 0 Å². The van der Waals surface area contributed by atoms with Gasteiger partial charge in [-0.1, -0.05) is 27.2 Å². The van der Waals surface area contributed by atoms with Crippen LogP contribution in [0, 0.1) is 17.3 Å². The largest absolute Gasteiger partial charge is 0.330 e. The van der Waals surface area contributed by atoms with Crippen LogP contribution >= 0.6 is 0 Å². The van der Waals surface area contributed by atoms with Crippen LogP contribution in [0.4, 0.5) is 0 Å². The normalized spacial score (nSPS) is 20.6. The van der Waals surface area contributed by atoms with Gasteiger partial charge in [0.1, 0.15) is 0 Å². The van der Waals surface area contributed by atoms with Crippen molar-refractivity contribution in [2.75, 3.05) is 19.6 Å². The lowest BCUT2D eigenvalue weighted by Crippen LogP contribution is -2.30. The summed E-state index contributed by atoms with van der Waals surface area (Å²) >= 11 is 0. The lowest BCUT2D eigenvalue weighted by Gasteiger charge is -2.21. The molecular formula is C13H28N2. The van der Waals surface area contributed by atoms with Crippen LogP contribution in [-0.2, 0) is 0 Å². The molecular weight excluding hydrogens is 184 g/mol. The fraction of sp³-hybridized carbons (Fsp3) is 1.00. The van der Waals surface area contributed by atoms with Gasteiger partial charge in [-0.05, 0) is 49.6 Å². The van der Waals surface area contributed by atoms with Gasteiger partial charge < -0.3 is 11.1 Å². The Bertz CT molecular complexity index is 169. The van der Waals surface area contributed by atoms with Gasteiger partial charge in [-0.2, -0.15) is 0 Å². The molecule has 0 saturated heterocycles. The molecule has 1 aliphatic rings. The Kier molecular flexibility index (Phi) is 5.07. The van der Waals surface area contributed by atoms with E-state index in [9.17, 15) is 0 Å². The smallest absolute Gasteiger partial charge is 0.00103 e. The Hall–Kier alpha value is -0.0800. The molecule has 1 fully saturated rings. The topological polar surface area (TPSA) is 38.0 Å². The predicted molar refractivity (Wildman–Crippen MR) is 66.8 cm³/mol. The Morgan fingerprint density at radius 1 is 1.33 bits per heavy atom. The SMILES string of the molecule is CCC(CN)CCNCC1(C(C)C)CC1. The third-order valence-electron chi connectivity index (χ3n) is 4.23. The van der Waals surface area contributed by atoms with Gasteiger partial charge in [-0.25, -0.2) is 0 Å². The zero-order valence-electron chi connectivity index (χ0n) is 10.7. The van der Waals surface area contributed by atoms with Gasteiger partial charge in [0.2, 0.25) is 0 Å². The monoisotopic (exact) mass is 212 g/mol. The molecule has 2 heteroatoms. The van der Waals surface area contributed by atoms with E-state index in [0.717, 1.165) is 19.0 Å². The van der Waals surface area contributed by atoms with E-state index in [-0.39, 0.29) is 0 Å². The molecule has 0 aromatic rings. The molecule has 2 nitrogen and oxygen atoms in total. The van der Waals surface area contributed by atoms with Crippen molar-refractivity contribution in [2.24, 2.45) is 23.0 Å². The number of rotatable bonds is 8. The van der Waals surface area contributed by atoms with Crippen molar-refractivity contribution >= 4 is 0 Å². The molecule has 0 bridgehead atoms. The molecule has 3 N–H and O–H groups in total. The lowest BCUT2D eigenvalue weighted by molar-refractivity contribution is 0.331. The quantitative estimate of drug-likeness (QED) is 0.606. The van der Waals surface area contributed by atoms with Gasteiger partial charge in [0, 0.05) is 6.54 Å². The van der Waals surface area contributed by atoms with Crippen LogP contribution < -0.4 is 11.1 Å². The van der Waals surface area contributed by atoms with E-state index in [1.165, 1.54) is 32.2 Å². The van der Waals surface area contributed by atoms with Crippen LogP contribution in [0.5, 0.6) is 0 Å². The van der Waals surface area contributed by atoms with E-state index in [1.54, 1.807) is 0 Å². The van der Waals surface area contributed by atoms with E-state index in [4.69, 9.17) is 5.73 Å².